The Kier molecular flexibility index (Phi) is 6.82. The van der Waals surface area contributed by atoms with E-state index in [9.17, 15) is 18.0 Å². The molecule has 0 radical (unpaired) electrons. The Labute approximate surface area is 168 Å². The Hall–Kier alpha value is -2.23. The molecule has 2 N–H and O–H groups in total. The second-order valence-corrected chi connectivity index (χ2v) is 9.23. The zero-order chi connectivity index (χ0) is 20.0. The van der Waals surface area contributed by atoms with E-state index in [1.54, 1.807) is 47.4 Å². The number of thiophene rings is 1. The monoisotopic (exact) mass is 421 g/mol. The summed E-state index contributed by atoms with van der Waals surface area (Å²) in [5, 5.41) is 4.58. The van der Waals surface area contributed by atoms with Crippen molar-refractivity contribution >= 4 is 33.2 Å². The third kappa shape index (κ3) is 5.40. The molecule has 2 aromatic rings. The van der Waals surface area contributed by atoms with E-state index in [4.69, 9.17) is 0 Å². The van der Waals surface area contributed by atoms with E-state index in [-0.39, 0.29) is 35.7 Å². The molecule has 0 saturated carbocycles. The Morgan fingerprint density at radius 2 is 1.79 bits per heavy atom. The molecule has 3 rings (SSSR count). The molecule has 28 heavy (non-hydrogen) atoms. The van der Waals surface area contributed by atoms with E-state index < -0.39 is 10.0 Å². The average Bonchev–Trinajstić information content (AvgIpc) is 3.24. The summed E-state index contributed by atoms with van der Waals surface area (Å²) in [4.78, 5) is 26.8. The summed E-state index contributed by atoms with van der Waals surface area (Å²) in [7, 11) is -3.54. The standard InChI is InChI=1S/C19H23N3O4S2/c23-18(8-11-20-19(24)17-7-4-14-27-17)22-12-9-15(10-13-22)21-28(25,26)16-5-2-1-3-6-16/h1-7,14-15,21H,8-13H2,(H,20,24). The molecule has 7 nitrogen and oxygen atoms in total. The van der Waals surface area contributed by atoms with Crippen LogP contribution >= 0.6 is 11.3 Å². The minimum absolute atomic E-state index is 0.0316. The number of carbonyl (C=O) groups is 2. The van der Waals surface area contributed by atoms with Crippen LogP contribution in [0.15, 0.2) is 52.7 Å². The normalized spacial score (nSPS) is 15.4. The maximum Gasteiger partial charge on any atom is 0.261 e. The van der Waals surface area contributed by atoms with E-state index in [0.717, 1.165) is 0 Å². The highest BCUT2D eigenvalue weighted by Gasteiger charge is 2.26. The Balaban J connectivity index is 1.41. The zero-order valence-electron chi connectivity index (χ0n) is 15.3. The molecule has 1 aliphatic rings. The topological polar surface area (TPSA) is 95.6 Å². The van der Waals surface area contributed by atoms with Gasteiger partial charge in [-0.25, -0.2) is 13.1 Å². The van der Waals surface area contributed by atoms with Crippen molar-refractivity contribution in [2.24, 2.45) is 0 Å². The van der Waals surface area contributed by atoms with Gasteiger partial charge in [-0.1, -0.05) is 24.3 Å². The van der Waals surface area contributed by atoms with Crippen molar-refractivity contribution in [3.63, 3.8) is 0 Å². The molecular weight excluding hydrogens is 398 g/mol. The van der Waals surface area contributed by atoms with Crippen LogP contribution in [0.4, 0.5) is 0 Å². The van der Waals surface area contributed by atoms with Crippen LogP contribution in [0.1, 0.15) is 28.9 Å². The van der Waals surface area contributed by atoms with Crippen molar-refractivity contribution < 1.29 is 18.0 Å². The highest BCUT2D eigenvalue weighted by atomic mass is 32.2. The second-order valence-electron chi connectivity index (χ2n) is 6.57. The predicted molar refractivity (Wildman–Crippen MR) is 108 cm³/mol. The quantitative estimate of drug-likeness (QED) is 0.713. The first-order valence-corrected chi connectivity index (χ1v) is 11.5. The summed E-state index contributed by atoms with van der Waals surface area (Å²) in [5.74, 6) is -0.201. The molecule has 150 valence electrons. The average molecular weight is 422 g/mol. The van der Waals surface area contributed by atoms with Crippen LogP contribution in [0, 0.1) is 0 Å². The van der Waals surface area contributed by atoms with Gasteiger partial charge >= 0.3 is 0 Å². The summed E-state index contributed by atoms with van der Waals surface area (Å²) < 4.78 is 27.5. The molecule has 0 atom stereocenters. The van der Waals surface area contributed by atoms with Crippen LogP contribution in [0.25, 0.3) is 0 Å². The van der Waals surface area contributed by atoms with Crippen LogP contribution in [0.2, 0.25) is 0 Å². The lowest BCUT2D eigenvalue weighted by Gasteiger charge is -2.32. The molecule has 2 amide bonds. The molecule has 1 aromatic heterocycles. The highest BCUT2D eigenvalue weighted by molar-refractivity contribution is 7.89. The number of hydrogen-bond donors (Lipinski definition) is 2. The number of rotatable bonds is 7. The lowest BCUT2D eigenvalue weighted by Crippen LogP contribution is -2.47. The molecular formula is C19H23N3O4S2. The SMILES string of the molecule is O=C(NCCC(=O)N1CCC(NS(=O)(=O)c2ccccc2)CC1)c1cccs1. The first-order valence-electron chi connectivity index (χ1n) is 9.12. The summed E-state index contributed by atoms with van der Waals surface area (Å²) in [6.07, 6.45) is 1.37. The van der Waals surface area contributed by atoms with Crippen LogP contribution in [-0.2, 0) is 14.8 Å². The Morgan fingerprint density at radius 1 is 1.07 bits per heavy atom. The molecule has 1 fully saturated rings. The molecule has 0 aliphatic carbocycles. The van der Waals surface area contributed by atoms with Crippen molar-refractivity contribution in [3.05, 3.63) is 52.7 Å². The van der Waals surface area contributed by atoms with Crippen LogP contribution < -0.4 is 10.0 Å². The van der Waals surface area contributed by atoms with E-state index in [2.05, 4.69) is 10.0 Å². The smallest absolute Gasteiger partial charge is 0.261 e. The second kappa shape index (κ2) is 9.31. The van der Waals surface area contributed by atoms with Gasteiger partial charge in [-0.05, 0) is 36.4 Å². The Bertz CT molecular complexity index is 891. The van der Waals surface area contributed by atoms with Crippen molar-refractivity contribution in [1.29, 1.82) is 0 Å². The summed E-state index contributed by atoms with van der Waals surface area (Å²) in [6.45, 7) is 1.29. The van der Waals surface area contributed by atoms with Crippen molar-refractivity contribution in [1.82, 2.24) is 14.9 Å². The van der Waals surface area contributed by atoms with Crippen LogP contribution in [0.5, 0.6) is 0 Å². The third-order valence-corrected chi connectivity index (χ3v) is 7.00. The number of likely N-dealkylation sites (tertiary alicyclic amines) is 1. The molecule has 0 bridgehead atoms. The van der Waals surface area contributed by atoms with Gasteiger partial charge in [0.25, 0.3) is 5.91 Å². The lowest BCUT2D eigenvalue weighted by molar-refractivity contribution is -0.132. The van der Waals surface area contributed by atoms with Gasteiger partial charge in [-0.15, -0.1) is 11.3 Å². The number of amides is 2. The van der Waals surface area contributed by atoms with Gasteiger partial charge < -0.3 is 10.2 Å². The van der Waals surface area contributed by atoms with E-state index in [0.29, 0.717) is 30.8 Å². The van der Waals surface area contributed by atoms with Crippen LogP contribution in [-0.4, -0.2) is 50.8 Å². The summed E-state index contributed by atoms with van der Waals surface area (Å²) in [5.41, 5.74) is 0. The number of nitrogens with one attached hydrogen (secondary N) is 2. The molecule has 2 heterocycles. The number of sulfonamides is 1. The Morgan fingerprint density at radius 3 is 2.43 bits per heavy atom. The maximum atomic E-state index is 12.4. The molecule has 1 saturated heterocycles. The summed E-state index contributed by atoms with van der Waals surface area (Å²) in [6, 6.07) is 11.6. The predicted octanol–water partition coefficient (Wildman–Crippen LogP) is 1.84. The van der Waals surface area contributed by atoms with Crippen molar-refractivity contribution in [3.8, 4) is 0 Å². The van der Waals surface area contributed by atoms with Gasteiger partial charge in [0.1, 0.15) is 0 Å². The number of nitrogens with zero attached hydrogens (tertiary/aromatic N) is 1. The van der Waals surface area contributed by atoms with Crippen LogP contribution in [0.3, 0.4) is 0 Å². The largest absolute Gasteiger partial charge is 0.351 e. The van der Waals surface area contributed by atoms with Crippen molar-refractivity contribution in [2.45, 2.75) is 30.2 Å². The van der Waals surface area contributed by atoms with Gasteiger partial charge in [0, 0.05) is 32.1 Å². The minimum Gasteiger partial charge on any atom is -0.351 e. The molecule has 1 aromatic carbocycles. The number of hydrogen-bond acceptors (Lipinski definition) is 5. The van der Waals surface area contributed by atoms with Gasteiger partial charge in [0.05, 0.1) is 9.77 Å². The van der Waals surface area contributed by atoms with Gasteiger partial charge in [0.15, 0.2) is 0 Å². The van der Waals surface area contributed by atoms with E-state index in [1.165, 1.54) is 11.3 Å². The number of piperidine rings is 1. The first kappa shape index (κ1) is 20.5. The molecule has 0 unspecified atom stereocenters. The number of benzene rings is 1. The van der Waals surface area contributed by atoms with E-state index in [1.807, 2.05) is 5.38 Å². The zero-order valence-corrected chi connectivity index (χ0v) is 17.0. The number of carbonyl (C=O) groups excluding carboxylic acids is 2. The van der Waals surface area contributed by atoms with Gasteiger partial charge in [-0.3, -0.25) is 9.59 Å². The highest BCUT2D eigenvalue weighted by Crippen LogP contribution is 2.15. The fourth-order valence-electron chi connectivity index (χ4n) is 3.07. The summed E-state index contributed by atoms with van der Waals surface area (Å²) >= 11 is 1.36. The minimum atomic E-state index is -3.54. The molecule has 9 heteroatoms. The molecule has 0 spiro atoms. The fourth-order valence-corrected chi connectivity index (χ4v) is 5.04. The van der Waals surface area contributed by atoms with Gasteiger partial charge in [0.2, 0.25) is 15.9 Å². The molecule has 1 aliphatic heterocycles. The first-order chi connectivity index (χ1) is 13.5. The van der Waals surface area contributed by atoms with Crippen molar-refractivity contribution in [2.75, 3.05) is 19.6 Å². The lowest BCUT2D eigenvalue weighted by atomic mass is 10.1. The fraction of sp³-hybridized carbons (Fsp3) is 0.368. The van der Waals surface area contributed by atoms with E-state index >= 15 is 0 Å². The maximum absolute atomic E-state index is 12.4. The third-order valence-electron chi connectivity index (χ3n) is 4.59. The van der Waals surface area contributed by atoms with Gasteiger partial charge in [-0.2, -0.15) is 0 Å².